The number of carboxylic acid groups (broad SMARTS) is 1. The summed E-state index contributed by atoms with van der Waals surface area (Å²) in [5.41, 5.74) is -3.42. The summed E-state index contributed by atoms with van der Waals surface area (Å²) in [6.45, 7) is 0.0799. The molecule has 1 heterocycles. The average molecular weight is 678 g/mol. The predicted molar refractivity (Wildman–Crippen MR) is 162 cm³/mol. The summed E-state index contributed by atoms with van der Waals surface area (Å²) in [5.74, 6) is -0.324. The van der Waals surface area contributed by atoms with Crippen molar-refractivity contribution in [3.05, 3.63) is 123 Å². The quantitative estimate of drug-likeness (QED) is 0.135. The highest BCUT2D eigenvalue weighted by Gasteiger charge is 2.50. The molecule has 3 N–H and O–H groups in total. The van der Waals surface area contributed by atoms with Gasteiger partial charge in [0, 0.05) is 11.1 Å². The summed E-state index contributed by atoms with van der Waals surface area (Å²) in [6.07, 6.45) is 0. The molecular formula is C29H20Cl2F2N3O6PS. The third-order valence-corrected chi connectivity index (χ3v) is 8.87. The van der Waals surface area contributed by atoms with Crippen LogP contribution in [0.25, 0.3) is 10.6 Å². The number of rotatable bonds is 9. The number of ether oxygens (including phenoxy) is 1. The number of hydrogen-bond acceptors (Lipinski definition) is 6. The van der Waals surface area contributed by atoms with Crippen LogP contribution in [0.15, 0.2) is 96.0 Å². The molecule has 0 amide bonds. The van der Waals surface area contributed by atoms with E-state index in [2.05, 4.69) is 10.1 Å². The largest absolute Gasteiger partial charge is 0.478 e. The molecule has 4 aromatic carbocycles. The number of carbonyl (C=O) groups is 1. The number of alkyl halides is 2. The fraction of sp³-hybridized carbons (Fsp3) is 0.0690. The molecule has 226 valence electrons. The molecule has 0 aliphatic carbocycles. The Morgan fingerprint density at radius 1 is 0.955 bits per heavy atom. The van der Waals surface area contributed by atoms with Crippen LogP contribution in [0.4, 0.5) is 14.5 Å². The molecular weight excluding hydrogens is 658 g/mol. The fourth-order valence-electron chi connectivity index (χ4n) is 3.95. The average Bonchev–Trinajstić information content (AvgIpc) is 3.37. The summed E-state index contributed by atoms with van der Waals surface area (Å²) in [5, 5.41) is 15.1. The standard InChI is InChI=1S/C29H20Cl2F2N3O6PS/c30-24-12-11-21(15-25(24)31)34-28-36(16-17-7-9-20(10-8-17)29(32,33)43(39,40)41)35-26(44-28)18-3-1-5-22(13-18)42-23-6-2-4-19(14-23)27(37)38/h1-15H,16H2,(H,37,38)(H2,39,40,41). The summed E-state index contributed by atoms with van der Waals surface area (Å²) in [7, 11) is -5.71. The van der Waals surface area contributed by atoms with E-state index in [1.54, 1.807) is 59.3 Å². The third-order valence-electron chi connectivity index (χ3n) is 6.15. The molecule has 0 atom stereocenters. The Morgan fingerprint density at radius 3 is 2.30 bits per heavy atom. The molecule has 44 heavy (non-hydrogen) atoms. The third kappa shape index (κ3) is 7.07. The highest BCUT2D eigenvalue weighted by Crippen LogP contribution is 2.59. The minimum Gasteiger partial charge on any atom is -0.478 e. The molecule has 0 fully saturated rings. The van der Waals surface area contributed by atoms with Crippen LogP contribution in [-0.2, 0) is 16.8 Å². The van der Waals surface area contributed by atoms with E-state index in [0.717, 1.165) is 12.1 Å². The van der Waals surface area contributed by atoms with E-state index in [1.165, 1.54) is 35.6 Å². The van der Waals surface area contributed by atoms with Gasteiger partial charge in [0.25, 0.3) is 0 Å². The van der Waals surface area contributed by atoms with Gasteiger partial charge in [0.05, 0.1) is 27.8 Å². The minimum absolute atomic E-state index is 0.0756. The second kappa shape index (κ2) is 12.6. The van der Waals surface area contributed by atoms with Gasteiger partial charge in [-0.3, -0.25) is 4.57 Å². The SMILES string of the molecule is O=C(O)c1cccc(Oc2cccc(-c3nn(Cc4ccc(C(F)(F)P(=O)(O)O)cc4)c(=Nc4ccc(Cl)c(Cl)c4)s3)c2)c1. The monoisotopic (exact) mass is 677 g/mol. The molecule has 0 radical (unpaired) electrons. The van der Waals surface area contributed by atoms with Gasteiger partial charge in [-0.2, -0.15) is 13.9 Å². The van der Waals surface area contributed by atoms with Crippen LogP contribution in [0.1, 0.15) is 21.5 Å². The summed E-state index contributed by atoms with van der Waals surface area (Å²) in [6, 6.07) is 22.4. The number of aromatic nitrogens is 2. The van der Waals surface area contributed by atoms with Crippen LogP contribution in [0.5, 0.6) is 11.5 Å². The zero-order valence-corrected chi connectivity index (χ0v) is 25.4. The molecule has 9 nitrogen and oxygen atoms in total. The van der Waals surface area contributed by atoms with E-state index in [4.69, 9.17) is 37.7 Å². The van der Waals surface area contributed by atoms with Crippen LogP contribution in [-0.4, -0.2) is 30.6 Å². The number of benzene rings is 4. The summed E-state index contributed by atoms with van der Waals surface area (Å²) >= 11 is 13.4. The van der Waals surface area contributed by atoms with E-state index in [9.17, 15) is 23.2 Å². The van der Waals surface area contributed by atoms with E-state index >= 15 is 0 Å². The fourth-order valence-corrected chi connectivity index (χ4v) is 5.65. The van der Waals surface area contributed by atoms with Crippen LogP contribution >= 0.6 is 42.1 Å². The smallest absolute Gasteiger partial charge is 0.399 e. The lowest BCUT2D eigenvalue weighted by Crippen LogP contribution is -2.17. The molecule has 0 saturated carbocycles. The van der Waals surface area contributed by atoms with Gasteiger partial charge in [-0.1, -0.05) is 77.0 Å². The maximum atomic E-state index is 14.2. The molecule has 0 unspecified atom stereocenters. The number of aromatic carboxylic acids is 1. The van der Waals surface area contributed by atoms with Crippen LogP contribution in [0.2, 0.25) is 10.0 Å². The van der Waals surface area contributed by atoms with Crippen molar-refractivity contribution in [2.75, 3.05) is 0 Å². The second-order valence-corrected chi connectivity index (χ2v) is 12.7. The first kappa shape index (κ1) is 31.5. The lowest BCUT2D eigenvalue weighted by atomic mass is 10.1. The highest BCUT2D eigenvalue weighted by molar-refractivity contribution is 7.52. The van der Waals surface area contributed by atoms with Gasteiger partial charge in [0.2, 0.25) is 4.80 Å². The molecule has 5 aromatic rings. The van der Waals surface area contributed by atoms with Crippen molar-refractivity contribution in [3.63, 3.8) is 0 Å². The highest BCUT2D eigenvalue weighted by atomic mass is 35.5. The lowest BCUT2D eigenvalue weighted by molar-refractivity contribution is 0.0564. The predicted octanol–water partition coefficient (Wildman–Crippen LogP) is 7.92. The maximum absolute atomic E-state index is 14.2. The van der Waals surface area contributed by atoms with Gasteiger partial charge in [-0.05, 0) is 54.1 Å². The molecule has 15 heteroatoms. The first-order valence-corrected chi connectivity index (χ1v) is 15.7. The zero-order valence-electron chi connectivity index (χ0n) is 22.1. The van der Waals surface area contributed by atoms with Crippen LogP contribution in [0, 0.1) is 0 Å². The van der Waals surface area contributed by atoms with Gasteiger partial charge < -0.3 is 19.6 Å². The van der Waals surface area contributed by atoms with Gasteiger partial charge in [0.1, 0.15) is 16.5 Å². The molecule has 5 rings (SSSR count). The van der Waals surface area contributed by atoms with Crippen molar-refractivity contribution in [2.45, 2.75) is 12.2 Å². The van der Waals surface area contributed by atoms with Crippen molar-refractivity contribution in [3.8, 4) is 22.1 Å². The van der Waals surface area contributed by atoms with E-state index < -0.39 is 24.8 Å². The molecule has 0 spiro atoms. The molecule has 0 aliphatic heterocycles. The summed E-state index contributed by atoms with van der Waals surface area (Å²) < 4.78 is 47.0. The van der Waals surface area contributed by atoms with Crippen LogP contribution < -0.4 is 9.54 Å². The van der Waals surface area contributed by atoms with Crippen molar-refractivity contribution < 1.29 is 37.8 Å². The Hall–Kier alpha value is -3.90. The van der Waals surface area contributed by atoms with Crippen LogP contribution in [0.3, 0.4) is 0 Å². The van der Waals surface area contributed by atoms with Crippen molar-refractivity contribution in [1.82, 2.24) is 9.78 Å². The number of carboxylic acids is 1. The number of halogens is 4. The van der Waals surface area contributed by atoms with Crippen molar-refractivity contribution >= 4 is 53.8 Å². The Kier molecular flexibility index (Phi) is 9.03. The Labute approximate surface area is 262 Å². The van der Waals surface area contributed by atoms with Crippen molar-refractivity contribution in [1.29, 1.82) is 0 Å². The lowest BCUT2D eigenvalue weighted by Gasteiger charge is -2.18. The number of hydrogen-bond donors (Lipinski definition) is 3. The first-order valence-electron chi connectivity index (χ1n) is 12.5. The first-order chi connectivity index (χ1) is 20.8. The topological polar surface area (TPSA) is 134 Å². The van der Waals surface area contributed by atoms with Gasteiger partial charge in [-0.25, -0.2) is 14.5 Å². The number of nitrogens with zero attached hydrogens (tertiary/aromatic N) is 3. The van der Waals surface area contributed by atoms with Crippen molar-refractivity contribution in [2.24, 2.45) is 4.99 Å². The Bertz CT molecular complexity index is 1980. The van der Waals surface area contributed by atoms with E-state index in [0.29, 0.717) is 48.2 Å². The molecule has 0 bridgehead atoms. The second-order valence-electron chi connectivity index (χ2n) is 9.30. The Balaban J connectivity index is 1.51. The summed E-state index contributed by atoms with van der Waals surface area (Å²) in [4.78, 5) is 34.5. The minimum atomic E-state index is -5.71. The van der Waals surface area contributed by atoms with E-state index in [1.807, 2.05) is 0 Å². The van der Waals surface area contributed by atoms with Gasteiger partial charge >= 0.3 is 19.2 Å². The zero-order chi connectivity index (χ0) is 31.6. The van der Waals surface area contributed by atoms with Gasteiger partial charge in [0.15, 0.2) is 0 Å². The van der Waals surface area contributed by atoms with Gasteiger partial charge in [-0.15, -0.1) is 0 Å². The maximum Gasteiger partial charge on any atom is 0.399 e. The molecule has 1 aromatic heterocycles. The van der Waals surface area contributed by atoms with E-state index in [-0.39, 0.29) is 12.1 Å². The normalized spacial score (nSPS) is 12.4. The molecule has 0 saturated heterocycles. The Morgan fingerprint density at radius 2 is 1.64 bits per heavy atom. The molecule has 0 aliphatic rings.